The molecule has 2 aliphatic carbocycles. The van der Waals surface area contributed by atoms with Crippen LogP contribution in [0.3, 0.4) is 0 Å². The molecule has 0 bridgehead atoms. The number of para-hydroxylation sites is 1. The molecule has 2 aliphatic heterocycles. The number of aromatic nitrogens is 3. The van der Waals surface area contributed by atoms with Crippen LogP contribution in [-0.2, 0) is 11.2 Å². The molecule has 4 aliphatic rings. The SMILES string of the molecule is O=C1C[C@H](c2ccccc2OC(F)F)c2c3ccc(-c4cnc(C5CC[S+]([O-])CC5)nc4)ccc-3nc21. The van der Waals surface area contributed by atoms with Crippen molar-refractivity contribution in [2.45, 2.75) is 37.7 Å². The molecule has 1 saturated heterocycles. The largest absolute Gasteiger partial charge is 0.616 e. The zero-order chi connectivity index (χ0) is 25.5. The minimum Gasteiger partial charge on any atom is -0.616 e. The fourth-order valence-corrected chi connectivity index (χ4v) is 6.63. The highest BCUT2D eigenvalue weighted by Crippen LogP contribution is 2.47. The number of carbonyl (C=O) groups is 1. The summed E-state index contributed by atoms with van der Waals surface area (Å²) in [5.74, 6) is 1.95. The zero-order valence-corrected chi connectivity index (χ0v) is 20.6. The Labute approximate surface area is 215 Å². The average Bonchev–Trinajstić information content (AvgIpc) is 3.33. The van der Waals surface area contributed by atoms with Gasteiger partial charge in [-0.15, -0.1) is 0 Å². The van der Waals surface area contributed by atoms with E-state index in [4.69, 9.17) is 4.74 Å². The maximum Gasteiger partial charge on any atom is 0.387 e. The minimum absolute atomic E-state index is 0.0694. The Morgan fingerprint density at radius 1 is 0.973 bits per heavy atom. The topological polar surface area (TPSA) is 88.0 Å². The first-order chi connectivity index (χ1) is 18.0. The molecule has 0 N–H and O–H groups in total. The first-order valence-corrected chi connectivity index (χ1v) is 13.6. The minimum atomic E-state index is -2.96. The molecule has 9 heteroatoms. The molecular formula is C28H23F2N3O3S. The van der Waals surface area contributed by atoms with Gasteiger partial charge in [0.2, 0.25) is 0 Å². The van der Waals surface area contributed by atoms with Crippen molar-refractivity contribution in [1.82, 2.24) is 15.0 Å². The van der Waals surface area contributed by atoms with E-state index in [1.54, 1.807) is 30.6 Å². The number of nitrogens with zero attached hydrogens (tertiary/aromatic N) is 3. The molecule has 6 rings (SSSR count). The number of halogens is 2. The van der Waals surface area contributed by atoms with E-state index in [-0.39, 0.29) is 23.9 Å². The monoisotopic (exact) mass is 519 g/mol. The zero-order valence-electron chi connectivity index (χ0n) is 19.8. The predicted octanol–water partition coefficient (Wildman–Crippen LogP) is 5.59. The standard InChI is InChI=1S/C28H23F2N3O3S/c29-28(30)36-24-4-2-1-3-19(24)21-13-23(34)26-25(21)20-7-5-16(6-8-22(20)33-26)18-14-31-27(32-15-18)17-9-11-37(35)12-10-17/h1-8,14-15,17,21,28H,9-13H2/t17?,21-,37?/m1/s1. The fourth-order valence-electron chi connectivity index (χ4n) is 5.33. The smallest absolute Gasteiger partial charge is 0.387 e. The summed E-state index contributed by atoms with van der Waals surface area (Å²) in [6.45, 7) is -2.96. The number of ketones is 1. The van der Waals surface area contributed by atoms with Crippen molar-refractivity contribution in [3.63, 3.8) is 0 Å². The van der Waals surface area contributed by atoms with Crippen LogP contribution in [0.15, 0.2) is 60.9 Å². The molecule has 1 fully saturated rings. The van der Waals surface area contributed by atoms with Crippen LogP contribution in [0.1, 0.15) is 58.5 Å². The van der Waals surface area contributed by atoms with Crippen molar-refractivity contribution in [2.75, 3.05) is 11.5 Å². The summed E-state index contributed by atoms with van der Waals surface area (Å²) in [6, 6.07) is 14.2. The Hall–Kier alpha value is -3.43. The number of rotatable bonds is 5. The number of fused-ring (bicyclic) bond motifs is 3. The van der Waals surface area contributed by atoms with Crippen LogP contribution in [0.4, 0.5) is 8.78 Å². The number of Topliss-reactive ketones (excluding diaryl/α,β-unsaturated/α-hetero) is 1. The molecular weight excluding hydrogens is 496 g/mol. The number of alkyl halides is 2. The van der Waals surface area contributed by atoms with Gasteiger partial charge < -0.3 is 9.29 Å². The van der Waals surface area contributed by atoms with Gasteiger partial charge in [0.15, 0.2) is 5.78 Å². The Morgan fingerprint density at radius 3 is 2.46 bits per heavy atom. The molecule has 0 saturated carbocycles. The van der Waals surface area contributed by atoms with Gasteiger partial charge in [0.05, 0.1) is 5.69 Å². The van der Waals surface area contributed by atoms with E-state index < -0.39 is 23.7 Å². The molecule has 188 valence electrons. The second kappa shape index (κ2) is 9.79. The van der Waals surface area contributed by atoms with Gasteiger partial charge in [-0.2, -0.15) is 8.78 Å². The maximum absolute atomic E-state index is 13.0. The van der Waals surface area contributed by atoms with Gasteiger partial charge in [0.1, 0.15) is 28.8 Å². The lowest BCUT2D eigenvalue weighted by molar-refractivity contribution is -0.0505. The molecule has 0 amide bonds. The van der Waals surface area contributed by atoms with E-state index in [1.165, 1.54) is 6.07 Å². The lowest BCUT2D eigenvalue weighted by atomic mass is 9.90. The van der Waals surface area contributed by atoms with E-state index in [9.17, 15) is 18.1 Å². The summed E-state index contributed by atoms with van der Waals surface area (Å²) in [4.78, 5) is 26.6. The third-order valence-electron chi connectivity index (χ3n) is 7.17. The summed E-state index contributed by atoms with van der Waals surface area (Å²) >= 11 is -0.727. The highest BCUT2D eigenvalue weighted by atomic mass is 32.2. The van der Waals surface area contributed by atoms with Crippen molar-refractivity contribution in [3.8, 4) is 28.1 Å². The summed E-state index contributed by atoms with van der Waals surface area (Å²) < 4.78 is 42.5. The van der Waals surface area contributed by atoms with E-state index in [0.717, 1.165) is 40.9 Å². The highest BCUT2D eigenvalue weighted by Gasteiger charge is 2.38. The van der Waals surface area contributed by atoms with Gasteiger partial charge in [0.25, 0.3) is 0 Å². The molecule has 1 aromatic heterocycles. The quantitative estimate of drug-likeness (QED) is 0.320. The first-order valence-electron chi connectivity index (χ1n) is 12.2. The van der Waals surface area contributed by atoms with Crippen molar-refractivity contribution in [3.05, 3.63) is 83.6 Å². The average molecular weight is 520 g/mol. The second-order valence-electron chi connectivity index (χ2n) is 9.34. The summed E-state index contributed by atoms with van der Waals surface area (Å²) in [5.41, 5.74) is 4.89. The fraction of sp³-hybridized carbons (Fsp3) is 0.286. The van der Waals surface area contributed by atoms with Crippen molar-refractivity contribution in [2.24, 2.45) is 0 Å². The van der Waals surface area contributed by atoms with Crippen molar-refractivity contribution >= 4 is 17.0 Å². The molecule has 3 heterocycles. The Balaban J connectivity index is 1.34. The van der Waals surface area contributed by atoms with Crippen LogP contribution in [-0.4, -0.2) is 43.4 Å². The summed E-state index contributed by atoms with van der Waals surface area (Å²) in [7, 11) is 0. The Kier molecular flexibility index (Phi) is 6.34. The van der Waals surface area contributed by atoms with Gasteiger partial charge in [0, 0.05) is 60.2 Å². The number of carbonyl (C=O) groups excluding carboxylic acids is 1. The van der Waals surface area contributed by atoms with Crippen LogP contribution in [0.25, 0.3) is 22.4 Å². The maximum atomic E-state index is 13.0. The molecule has 0 unspecified atom stereocenters. The third kappa shape index (κ3) is 4.57. The van der Waals surface area contributed by atoms with Gasteiger partial charge in [-0.3, -0.25) is 4.79 Å². The van der Waals surface area contributed by atoms with Gasteiger partial charge in [-0.1, -0.05) is 47.6 Å². The van der Waals surface area contributed by atoms with E-state index in [2.05, 4.69) is 15.0 Å². The summed E-state index contributed by atoms with van der Waals surface area (Å²) in [5, 5.41) is 0. The van der Waals surface area contributed by atoms with Crippen LogP contribution in [0.2, 0.25) is 0 Å². The molecule has 2 aromatic rings. The number of benzene rings is 1. The lowest BCUT2D eigenvalue weighted by Crippen LogP contribution is -2.23. The molecule has 0 spiro atoms. The van der Waals surface area contributed by atoms with Gasteiger partial charge in [-0.05, 0) is 23.3 Å². The molecule has 6 nitrogen and oxygen atoms in total. The van der Waals surface area contributed by atoms with Gasteiger partial charge >= 0.3 is 6.61 Å². The number of hydrogen-bond acceptors (Lipinski definition) is 6. The number of hydrogen-bond donors (Lipinski definition) is 0. The lowest BCUT2D eigenvalue weighted by Gasteiger charge is -2.22. The van der Waals surface area contributed by atoms with Crippen LogP contribution in [0, 0.1) is 0 Å². The van der Waals surface area contributed by atoms with Crippen molar-refractivity contribution in [1.29, 1.82) is 0 Å². The molecule has 1 atom stereocenters. The Bertz CT molecular complexity index is 1420. The number of ether oxygens (including phenoxy) is 1. The van der Waals surface area contributed by atoms with Crippen molar-refractivity contribution < 1.29 is 22.9 Å². The highest BCUT2D eigenvalue weighted by molar-refractivity contribution is 7.91. The molecule has 0 radical (unpaired) electrons. The van der Waals surface area contributed by atoms with Crippen LogP contribution >= 0.6 is 0 Å². The third-order valence-corrected chi connectivity index (χ3v) is 8.56. The van der Waals surface area contributed by atoms with Crippen LogP contribution in [0.5, 0.6) is 5.75 Å². The first kappa shape index (κ1) is 23.9. The Morgan fingerprint density at radius 2 is 1.70 bits per heavy atom. The summed E-state index contributed by atoms with van der Waals surface area (Å²) in [6.07, 6.45) is 5.44. The second-order valence-corrected chi connectivity index (χ2v) is 11.0. The van der Waals surface area contributed by atoms with Crippen LogP contribution < -0.4 is 4.74 Å². The predicted molar refractivity (Wildman–Crippen MR) is 136 cm³/mol. The van der Waals surface area contributed by atoms with Gasteiger partial charge in [-0.25, -0.2) is 15.0 Å². The van der Waals surface area contributed by atoms with E-state index in [0.29, 0.717) is 28.5 Å². The molecule has 37 heavy (non-hydrogen) atoms. The normalized spacial score (nSPS) is 21.4. The van der Waals surface area contributed by atoms with E-state index in [1.807, 2.05) is 24.3 Å². The van der Waals surface area contributed by atoms with E-state index >= 15 is 0 Å². The molecule has 1 aromatic carbocycles.